The summed E-state index contributed by atoms with van der Waals surface area (Å²) in [5.41, 5.74) is 1.21. The number of carbonyl (C=O) groups excluding carboxylic acids is 5. The fourth-order valence-corrected chi connectivity index (χ4v) is 5.55. The maximum atomic E-state index is 13.6. The number of hydrogen-bond donors (Lipinski definition) is 3. The van der Waals surface area contributed by atoms with Gasteiger partial charge in [-0.1, -0.05) is 6.07 Å². The Morgan fingerprint density at radius 1 is 1.00 bits per heavy atom. The first-order valence-electron chi connectivity index (χ1n) is 15.9. The van der Waals surface area contributed by atoms with Gasteiger partial charge in [0.05, 0.1) is 12.1 Å². The number of carboxylic acid groups (broad SMARTS) is 1. The van der Waals surface area contributed by atoms with Crippen LogP contribution in [-0.2, 0) is 23.9 Å². The van der Waals surface area contributed by atoms with Gasteiger partial charge in [-0.25, -0.2) is 9.78 Å². The molecule has 2 aliphatic heterocycles. The van der Waals surface area contributed by atoms with Crippen molar-refractivity contribution in [3.05, 3.63) is 35.5 Å². The Balaban J connectivity index is 1.29. The fraction of sp³-hybridized carbons (Fsp3) is 0.531. The van der Waals surface area contributed by atoms with Crippen LogP contribution in [0.5, 0.6) is 5.75 Å². The van der Waals surface area contributed by atoms with E-state index >= 15 is 0 Å². The van der Waals surface area contributed by atoms with Crippen LogP contribution in [0.3, 0.4) is 0 Å². The van der Waals surface area contributed by atoms with Crippen molar-refractivity contribution in [2.75, 3.05) is 45.9 Å². The van der Waals surface area contributed by atoms with Gasteiger partial charge in [-0.3, -0.25) is 24.0 Å². The van der Waals surface area contributed by atoms with Gasteiger partial charge in [0.25, 0.3) is 11.8 Å². The molecule has 15 heteroatoms. The second-order valence-corrected chi connectivity index (χ2v) is 12.0. The van der Waals surface area contributed by atoms with Gasteiger partial charge in [-0.15, -0.1) is 0 Å². The minimum absolute atomic E-state index is 0.0866. The van der Waals surface area contributed by atoms with Crippen molar-refractivity contribution < 1.29 is 43.3 Å². The number of ether oxygens (including phenoxy) is 2. The number of pyridine rings is 1. The van der Waals surface area contributed by atoms with Crippen molar-refractivity contribution in [3.8, 4) is 5.75 Å². The first-order valence-corrected chi connectivity index (χ1v) is 15.9. The number of nitrogens with one attached hydrogen (secondary N) is 2. The van der Waals surface area contributed by atoms with E-state index in [-0.39, 0.29) is 81.5 Å². The molecule has 1 aromatic carbocycles. The number of benzene rings is 1. The van der Waals surface area contributed by atoms with Crippen molar-refractivity contribution in [1.29, 1.82) is 0 Å². The van der Waals surface area contributed by atoms with Crippen LogP contribution in [0.25, 0.3) is 10.9 Å². The summed E-state index contributed by atoms with van der Waals surface area (Å²) < 4.78 is 10.9. The molecule has 5 amide bonds. The van der Waals surface area contributed by atoms with Crippen LogP contribution in [0.1, 0.15) is 55.1 Å². The number of rotatable bonds is 12. The molecular weight excluding hydrogens is 612 g/mol. The highest BCUT2D eigenvalue weighted by Gasteiger charge is 2.39. The summed E-state index contributed by atoms with van der Waals surface area (Å²) in [6.45, 7) is 4.72. The predicted molar refractivity (Wildman–Crippen MR) is 167 cm³/mol. The number of fused-ring (bicyclic) bond motifs is 1. The number of nitrogens with zero attached hydrogens (tertiary/aromatic N) is 4. The number of piperazine rings is 1. The number of amides is 5. The van der Waals surface area contributed by atoms with E-state index in [2.05, 4.69) is 15.6 Å². The Hall–Kier alpha value is -4.95. The number of aliphatic carboxylic acids is 1. The molecule has 3 N–H and O–H groups in total. The molecule has 3 fully saturated rings. The van der Waals surface area contributed by atoms with Crippen molar-refractivity contribution in [2.24, 2.45) is 0 Å². The van der Waals surface area contributed by atoms with E-state index in [9.17, 15) is 33.9 Å². The Morgan fingerprint density at radius 2 is 1.72 bits per heavy atom. The third-order valence-electron chi connectivity index (χ3n) is 8.45. The van der Waals surface area contributed by atoms with Crippen LogP contribution >= 0.6 is 0 Å². The van der Waals surface area contributed by atoms with Gasteiger partial charge in [0.15, 0.2) is 6.61 Å². The molecule has 2 saturated heterocycles. The Bertz CT molecular complexity index is 1550. The number of likely N-dealkylation sites (tertiary alicyclic amines) is 1. The molecule has 2 atom stereocenters. The van der Waals surface area contributed by atoms with Crippen LogP contribution in [0.2, 0.25) is 0 Å². The lowest BCUT2D eigenvalue weighted by molar-refractivity contribution is -0.148. The molecule has 1 aromatic heterocycles. The zero-order valence-corrected chi connectivity index (χ0v) is 26.5. The van der Waals surface area contributed by atoms with Crippen LogP contribution in [0.15, 0.2) is 24.3 Å². The summed E-state index contributed by atoms with van der Waals surface area (Å²) in [7, 11) is 0. The minimum Gasteiger partial charge on any atom is -0.483 e. The minimum atomic E-state index is -1.17. The topological polar surface area (TPSA) is 188 Å². The third kappa shape index (κ3) is 8.26. The number of aryl methyl sites for hydroxylation is 1. The summed E-state index contributed by atoms with van der Waals surface area (Å²) in [5.74, 6) is -2.63. The van der Waals surface area contributed by atoms with Gasteiger partial charge in [0.2, 0.25) is 11.8 Å². The highest BCUT2D eigenvalue weighted by Crippen LogP contribution is 2.28. The second-order valence-electron chi connectivity index (χ2n) is 12.0. The zero-order chi connectivity index (χ0) is 33.7. The first-order chi connectivity index (χ1) is 22.5. The highest BCUT2D eigenvalue weighted by molar-refractivity contribution is 5.99. The van der Waals surface area contributed by atoms with Crippen LogP contribution in [0, 0.1) is 6.92 Å². The normalized spacial score (nSPS) is 18.2. The van der Waals surface area contributed by atoms with Gasteiger partial charge in [0, 0.05) is 56.6 Å². The molecule has 0 bridgehead atoms. The Morgan fingerprint density at radius 3 is 2.36 bits per heavy atom. The van der Waals surface area contributed by atoms with Crippen LogP contribution < -0.4 is 15.4 Å². The van der Waals surface area contributed by atoms with E-state index in [1.165, 1.54) is 20.8 Å². The number of carbonyl (C=O) groups is 6. The number of hydrogen-bond acceptors (Lipinski definition) is 9. The first kappa shape index (κ1) is 33.4. The fourth-order valence-electron chi connectivity index (χ4n) is 5.55. The monoisotopic (exact) mass is 652 g/mol. The summed E-state index contributed by atoms with van der Waals surface area (Å²) in [5, 5.41) is 15.4. The third-order valence-corrected chi connectivity index (χ3v) is 8.45. The molecule has 1 aliphatic carbocycles. The van der Waals surface area contributed by atoms with E-state index < -0.39 is 36.0 Å². The maximum Gasteiger partial charge on any atom is 0.409 e. The van der Waals surface area contributed by atoms with E-state index in [4.69, 9.17) is 9.47 Å². The predicted octanol–water partition coefficient (Wildman–Crippen LogP) is 1.07. The van der Waals surface area contributed by atoms with Gasteiger partial charge >= 0.3 is 12.1 Å². The molecule has 1 saturated carbocycles. The average molecular weight is 653 g/mol. The molecule has 3 aliphatic rings. The quantitative estimate of drug-likeness (QED) is 0.299. The summed E-state index contributed by atoms with van der Waals surface area (Å²) in [6.07, 6.45) is 1.47. The van der Waals surface area contributed by atoms with Gasteiger partial charge in [0.1, 0.15) is 23.5 Å². The van der Waals surface area contributed by atoms with E-state index in [0.717, 1.165) is 18.4 Å². The molecule has 0 radical (unpaired) electrons. The molecule has 0 spiro atoms. The lowest BCUT2D eigenvalue weighted by atomic mass is 10.0. The van der Waals surface area contributed by atoms with Gasteiger partial charge < -0.3 is 39.9 Å². The standard InChI is InChI=1S/C32H40N6O9/c1-3-46-32(45)37-14-12-36(13-15-37)31(44)22(8-9-28(40)41)35-29(42)24-17-26(21-7-4-19(2)16-23(21)34-24)47-18-27(39)38-11-10-25(38)30(43)33-20-5-6-20/h4,7,16-17,20,22,25H,3,5-6,8-15,18H2,1-2H3,(H,33,43)(H,35,42)(H,40,41). The maximum absolute atomic E-state index is 13.6. The molecule has 2 unspecified atom stereocenters. The highest BCUT2D eigenvalue weighted by atomic mass is 16.6. The molecule has 252 valence electrons. The lowest BCUT2D eigenvalue weighted by Crippen LogP contribution is -2.59. The molecule has 47 heavy (non-hydrogen) atoms. The van der Waals surface area contributed by atoms with E-state index in [0.29, 0.717) is 23.9 Å². The Kier molecular flexibility index (Phi) is 10.4. The summed E-state index contributed by atoms with van der Waals surface area (Å²) in [6, 6.07) is 5.23. The largest absolute Gasteiger partial charge is 0.483 e. The Labute approximate surface area is 271 Å². The second kappa shape index (κ2) is 14.6. The molecule has 3 heterocycles. The number of carboxylic acids is 1. The zero-order valence-electron chi connectivity index (χ0n) is 26.5. The number of aromatic nitrogens is 1. The smallest absolute Gasteiger partial charge is 0.409 e. The molecule has 2 aromatic rings. The molecule has 15 nitrogen and oxygen atoms in total. The summed E-state index contributed by atoms with van der Waals surface area (Å²) in [4.78, 5) is 84.9. The molecule has 5 rings (SSSR count). The van der Waals surface area contributed by atoms with E-state index in [1.54, 1.807) is 19.1 Å². The van der Waals surface area contributed by atoms with Gasteiger partial charge in [-0.05, 0) is 57.2 Å². The van der Waals surface area contributed by atoms with Gasteiger partial charge in [-0.2, -0.15) is 0 Å². The van der Waals surface area contributed by atoms with Crippen LogP contribution in [-0.4, -0.2) is 125 Å². The van der Waals surface area contributed by atoms with Crippen molar-refractivity contribution in [1.82, 2.24) is 30.3 Å². The van der Waals surface area contributed by atoms with Crippen LogP contribution in [0.4, 0.5) is 4.79 Å². The van der Waals surface area contributed by atoms with Crippen molar-refractivity contribution in [3.63, 3.8) is 0 Å². The average Bonchev–Trinajstić information content (AvgIpc) is 3.84. The van der Waals surface area contributed by atoms with E-state index in [1.807, 2.05) is 13.0 Å². The summed E-state index contributed by atoms with van der Waals surface area (Å²) >= 11 is 0. The van der Waals surface area contributed by atoms with Crippen molar-refractivity contribution in [2.45, 2.75) is 64.1 Å². The SMILES string of the molecule is CCOC(=O)N1CCN(C(=O)C(CCC(=O)O)NC(=O)c2cc(OCC(=O)N3CCC3C(=O)NC3CC3)c3ccc(C)cc3n2)CC1. The van der Waals surface area contributed by atoms with Crippen molar-refractivity contribution >= 4 is 46.6 Å². The lowest BCUT2D eigenvalue weighted by Gasteiger charge is -2.39. The molecular formula is C32H40N6O9.